The average Bonchev–Trinajstić information content (AvgIpc) is 3.31. The van der Waals surface area contributed by atoms with Gasteiger partial charge in [0.15, 0.2) is 11.6 Å². The predicted molar refractivity (Wildman–Crippen MR) is 164 cm³/mol. The van der Waals surface area contributed by atoms with Gasteiger partial charge in [-0.15, -0.1) is 0 Å². The molecule has 0 radical (unpaired) electrons. The van der Waals surface area contributed by atoms with Crippen molar-refractivity contribution in [2.45, 2.75) is 31.1 Å². The molecular weight excluding hydrogens is 554 g/mol. The van der Waals surface area contributed by atoms with Crippen molar-refractivity contribution in [3.63, 3.8) is 0 Å². The third kappa shape index (κ3) is 3.81. The monoisotopic (exact) mass is 587 g/mol. The Hall–Kier alpha value is -4.78. The Labute approximate surface area is 255 Å². The van der Waals surface area contributed by atoms with Gasteiger partial charge in [-0.3, -0.25) is 24.1 Å². The van der Waals surface area contributed by atoms with E-state index in [4.69, 9.17) is 4.74 Å². The lowest BCUT2D eigenvalue weighted by Crippen LogP contribution is -2.58. The highest BCUT2D eigenvalue weighted by atomic mass is 16.5. The summed E-state index contributed by atoms with van der Waals surface area (Å²) < 4.78 is 5.56. The van der Waals surface area contributed by atoms with E-state index in [0.717, 1.165) is 5.57 Å². The van der Waals surface area contributed by atoms with Crippen LogP contribution in [0.5, 0.6) is 11.5 Å². The third-order valence-corrected chi connectivity index (χ3v) is 10.3. The zero-order valence-electron chi connectivity index (χ0n) is 24.6. The number of methoxy groups -OCH3 is 1. The lowest BCUT2D eigenvalue weighted by atomic mass is 9.44. The Balaban J connectivity index is 1.54. The number of rotatable bonds is 5. The summed E-state index contributed by atoms with van der Waals surface area (Å²) in [7, 11) is 1.53. The standard InChI is InChI=1S/C37H33NO6/c1-3-38-35(42)25-16-15-24-27(32(25)36(38)43)19-29-34(41)26(21-10-6-4-7-11-21)20-31(40)37(29,22-12-8-5-9-13-22)33(24)28-18-23(44-2)14-17-30(28)39/h4-15,17-18,20,25,27,29,32-33,39H,3,16,19H2,1-2H3. The zero-order chi connectivity index (χ0) is 30.7. The second kappa shape index (κ2) is 10.4. The van der Waals surface area contributed by atoms with E-state index in [2.05, 4.69) is 0 Å². The van der Waals surface area contributed by atoms with Crippen molar-refractivity contribution >= 4 is 29.0 Å². The van der Waals surface area contributed by atoms with Gasteiger partial charge < -0.3 is 9.84 Å². The number of imide groups is 1. The van der Waals surface area contributed by atoms with E-state index in [1.165, 1.54) is 18.1 Å². The molecule has 1 saturated heterocycles. The number of benzene rings is 3. The van der Waals surface area contributed by atoms with Gasteiger partial charge in [-0.05, 0) is 61.1 Å². The van der Waals surface area contributed by atoms with Crippen LogP contribution < -0.4 is 4.74 Å². The minimum Gasteiger partial charge on any atom is -0.508 e. The van der Waals surface area contributed by atoms with E-state index >= 15 is 0 Å². The molecule has 0 bridgehead atoms. The van der Waals surface area contributed by atoms with E-state index in [0.29, 0.717) is 34.4 Å². The highest BCUT2D eigenvalue weighted by Crippen LogP contribution is 2.64. The van der Waals surface area contributed by atoms with Crippen LogP contribution in [0.2, 0.25) is 0 Å². The molecule has 222 valence electrons. The molecule has 1 N–H and O–H groups in total. The van der Waals surface area contributed by atoms with Gasteiger partial charge in [0.1, 0.15) is 11.5 Å². The summed E-state index contributed by atoms with van der Waals surface area (Å²) in [5, 5.41) is 11.4. The first-order valence-electron chi connectivity index (χ1n) is 15.2. The maximum absolute atomic E-state index is 14.9. The van der Waals surface area contributed by atoms with E-state index in [9.17, 15) is 24.3 Å². The molecule has 1 saturated carbocycles. The summed E-state index contributed by atoms with van der Waals surface area (Å²) in [6, 6.07) is 23.4. The molecule has 3 aliphatic carbocycles. The summed E-state index contributed by atoms with van der Waals surface area (Å²) in [6.07, 6.45) is 4.05. The number of aromatic hydroxyl groups is 1. The molecule has 7 nitrogen and oxygen atoms in total. The summed E-state index contributed by atoms with van der Waals surface area (Å²) in [5.41, 5.74) is 1.53. The van der Waals surface area contributed by atoms with Crippen LogP contribution in [-0.4, -0.2) is 47.0 Å². The van der Waals surface area contributed by atoms with E-state index in [1.54, 1.807) is 25.1 Å². The van der Waals surface area contributed by atoms with Crippen LogP contribution in [0.3, 0.4) is 0 Å². The number of hydrogen-bond acceptors (Lipinski definition) is 6. The van der Waals surface area contributed by atoms with E-state index in [1.807, 2.05) is 66.7 Å². The fourth-order valence-electron chi connectivity index (χ4n) is 8.49. The Bertz CT molecular complexity index is 1760. The van der Waals surface area contributed by atoms with Crippen LogP contribution in [0.15, 0.2) is 96.6 Å². The van der Waals surface area contributed by atoms with E-state index in [-0.39, 0.29) is 42.1 Å². The number of allylic oxidation sites excluding steroid dienone is 4. The molecule has 1 aliphatic heterocycles. The maximum Gasteiger partial charge on any atom is 0.233 e. The highest BCUT2D eigenvalue weighted by molar-refractivity contribution is 6.31. The molecule has 4 aliphatic rings. The van der Waals surface area contributed by atoms with Crippen molar-refractivity contribution in [1.82, 2.24) is 4.90 Å². The van der Waals surface area contributed by atoms with Crippen molar-refractivity contribution in [1.29, 1.82) is 0 Å². The second-order valence-corrected chi connectivity index (χ2v) is 12.1. The number of likely N-dealkylation sites (tertiary alicyclic amines) is 1. The van der Waals surface area contributed by atoms with Crippen molar-refractivity contribution in [3.8, 4) is 11.5 Å². The largest absolute Gasteiger partial charge is 0.508 e. The first-order chi connectivity index (χ1) is 21.3. The molecule has 0 aromatic heterocycles. The van der Waals surface area contributed by atoms with Crippen LogP contribution in [0, 0.1) is 23.7 Å². The first-order valence-corrected chi connectivity index (χ1v) is 15.2. The van der Waals surface area contributed by atoms with Crippen LogP contribution >= 0.6 is 0 Å². The lowest BCUT2D eigenvalue weighted by molar-refractivity contribution is -0.140. The van der Waals surface area contributed by atoms with Gasteiger partial charge >= 0.3 is 0 Å². The number of phenols is 1. The van der Waals surface area contributed by atoms with Crippen LogP contribution in [-0.2, 0) is 24.6 Å². The molecule has 1 heterocycles. The number of fused-ring (bicyclic) bond motifs is 4. The number of carbonyl (C=O) groups excluding carboxylic acids is 4. The van der Waals surface area contributed by atoms with Gasteiger partial charge in [0.25, 0.3) is 0 Å². The fourth-order valence-corrected chi connectivity index (χ4v) is 8.49. The minimum atomic E-state index is -1.40. The molecular formula is C37H33NO6. The van der Waals surface area contributed by atoms with Gasteiger partial charge in [-0.25, -0.2) is 0 Å². The molecule has 3 aromatic rings. The van der Waals surface area contributed by atoms with Crippen molar-refractivity contribution in [3.05, 3.63) is 113 Å². The topological polar surface area (TPSA) is 101 Å². The zero-order valence-corrected chi connectivity index (χ0v) is 24.6. The summed E-state index contributed by atoms with van der Waals surface area (Å²) >= 11 is 0. The van der Waals surface area contributed by atoms with E-state index < -0.39 is 35.0 Å². The molecule has 0 spiro atoms. The number of hydrogen-bond donors (Lipinski definition) is 1. The average molecular weight is 588 g/mol. The molecule has 6 atom stereocenters. The third-order valence-electron chi connectivity index (χ3n) is 10.3. The SMILES string of the molecule is CCN1C(=O)C2CC=C3C(CC4C(=O)C(c5ccccc5)=CC(=O)C4(c4ccccc4)C3c3cc(OC)ccc3O)C2C1=O. The Morgan fingerprint density at radius 3 is 2.30 bits per heavy atom. The van der Waals surface area contributed by atoms with Gasteiger partial charge in [0.05, 0.1) is 24.4 Å². The number of ether oxygens (including phenoxy) is 1. The number of carbonyl (C=O) groups is 4. The highest BCUT2D eigenvalue weighted by Gasteiger charge is 2.66. The Morgan fingerprint density at radius 1 is 0.909 bits per heavy atom. The second-order valence-electron chi connectivity index (χ2n) is 12.1. The molecule has 44 heavy (non-hydrogen) atoms. The summed E-state index contributed by atoms with van der Waals surface area (Å²) in [4.78, 5) is 58.3. The molecule has 2 amide bonds. The smallest absolute Gasteiger partial charge is 0.233 e. The molecule has 7 rings (SSSR count). The van der Waals surface area contributed by atoms with Crippen LogP contribution in [0.25, 0.3) is 5.57 Å². The van der Waals surface area contributed by atoms with Gasteiger partial charge in [-0.1, -0.05) is 72.3 Å². The lowest BCUT2D eigenvalue weighted by Gasteiger charge is -2.55. The molecule has 3 aromatic carbocycles. The van der Waals surface area contributed by atoms with Gasteiger partial charge in [0.2, 0.25) is 11.8 Å². The van der Waals surface area contributed by atoms with Gasteiger partial charge in [0, 0.05) is 29.5 Å². The van der Waals surface area contributed by atoms with Crippen LogP contribution in [0.1, 0.15) is 42.4 Å². The van der Waals surface area contributed by atoms with Gasteiger partial charge in [-0.2, -0.15) is 0 Å². The number of nitrogens with zero attached hydrogens (tertiary/aromatic N) is 1. The van der Waals surface area contributed by atoms with Crippen molar-refractivity contribution in [2.75, 3.05) is 13.7 Å². The predicted octanol–water partition coefficient (Wildman–Crippen LogP) is 5.25. The first kappa shape index (κ1) is 28.0. The maximum atomic E-state index is 14.9. The van der Waals surface area contributed by atoms with Crippen molar-refractivity contribution < 1.29 is 29.0 Å². The normalized spacial score (nSPS) is 29.4. The Morgan fingerprint density at radius 2 is 1.61 bits per heavy atom. The molecule has 2 fully saturated rings. The summed E-state index contributed by atoms with van der Waals surface area (Å²) in [5.74, 6) is -3.63. The number of Topliss-reactive ketones (excluding diaryl/α,β-unsaturated/α-hetero) is 1. The van der Waals surface area contributed by atoms with Crippen LogP contribution in [0.4, 0.5) is 0 Å². The quantitative estimate of drug-likeness (QED) is 0.324. The van der Waals surface area contributed by atoms with Crippen molar-refractivity contribution in [2.24, 2.45) is 23.7 Å². The fraction of sp³-hybridized carbons (Fsp3) is 0.297. The summed E-state index contributed by atoms with van der Waals surface area (Å²) in [6.45, 7) is 2.07. The number of amides is 2. The Kier molecular flexibility index (Phi) is 6.65. The molecule has 7 heteroatoms. The number of phenolic OH excluding ortho intramolecular Hbond substituents is 1. The number of ketones is 2. The minimum absolute atomic E-state index is 0.0318. The molecule has 6 unspecified atom stereocenters.